The molecule has 0 unspecified atom stereocenters. The number of methoxy groups -OCH3 is 2. The summed E-state index contributed by atoms with van der Waals surface area (Å²) in [6, 6.07) is 10.3. The van der Waals surface area contributed by atoms with Gasteiger partial charge in [0.25, 0.3) is 5.91 Å². The summed E-state index contributed by atoms with van der Waals surface area (Å²) >= 11 is 0. The fourth-order valence-electron chi connectivity index (χ4n) is 3.89. The Morgan fingerprint density at radius 3 is 2.66 bits per heavy atom. The van der Waals surface area contributed by atoms with E-state index in [9.17, 15) is 14.4 Å². The first-order chi connectivity index (χ1) is 15.5. The van der Waals surface area contributed by atoms with E-state index >= 15 is 0 Å². The number of hydrogen-bond donors (Lipinski definition) is 1. The van der Waals surface area contributed by atoms with Crippen LogP contribution in [-0.2, 0) is 28.9 Å². The van der Waals surface area contributed by atoms with Crippen molar-refractivity contribution in [3.8, 4) is 11.5 Å². The van der Waals surface area contributed by atoms with Crippen molar-refractivity contribution in [1.29, 1.82) is 0 Å². The number of carbonyl (C=O) groups is 2. The van der Waals surface area contributed by atoms with Crippen LogP contribution in [0.1, 0.15) is 33.5 Å². The Bertz CT molecular complexity index is 1250. The highest BCUT2D eigenvalue weighted by atomic mass is 16.5. The standard InChI is InChI=1S/C24H23NO7/c1-29-20-9-6-14(10-19(20)23(27)30-2)12-25-22(26)13-31-15-7-8-17-16-4-3-5-18(16)24(28)32-21(17)11-15/h6-11H,3-5,12-13H2,1-2H3,(H,25,26). The SMILES string of the molecule is COC(=O)c1cc(CNC(=O)COc2ccc3c4c(c(=O)oc3c2)CCC4)ccc1OC. The summed E-state index contributed by atoms with van der Waals surface area (Å²) in [4.78, 5) is 36.3. The molecule has 1 aromatic heterocycles. The van der Waals surface area contributed by atoms with Crippen LogP contribution in [0.3, 0.4) is 0 Å². The minimum Gasteiger partial charge on any atom is -0.496 e. The largest absolute Gasteiger partial charge is 0.496 e. The number of fused-ring (bicyclic) bond motifs is 3. The number of hydrogen-bond acceptors (Lipinski definition) is 7. The molecule has 1 heterocycles. The molecule has 0 bridgehead atoms. The number of esters is 1. The van der Waals surface area contributed by atoms with E-state index in [0.29, 0.717) is 22.6 Å². The molecule has 166 valence electrons. The summed E-state index contributed by atoms with van der Waals surface area (Å²) in [7, 11) is 2.75. The maximum absolute atomic E-state index is 12.2. The first kappa shape index (κ1) is 21.4. The maximum atomic E-state index is 12.2. The quantitative estimate of drug-likeness (QED) is 0.448. The zero-order chi connectivity index (χ0) is 22.7. The second-order valence-corrected chi connectivity index (χ2v) is 7.45. The van der Waals surface area contributed by atoms with Crippen LogP contribution < -0.4 is 20.4 Å². The van der Waals surface area contributed by atoms with Crippen LogP contribution in [-0.4, -0.2) is 32.7 Å². The minimum atomic E-state index is -0.521. The summed E-state index contributed by atoms with van der Waals surface area (Å²) in [6.45, 7) is -0.00436. The third-order valence-electron chi connectivity index (χ3n) is 5.47. The van der Waals surface area contributed by atoms with Crippen LogP contribution in [0.5, 0.6) is 11.5 Å². The van der Waals surface area contributed by atoms with E-state index in [2.05, 4.69) is 5.32 Å². The molecule has 0 spiro atoms. The summed E-state index contributed by atoms with van der Waals surface area (Å²) in [5.41, 5.74) is 2.96. The minimum absolute atomic E-state index is 0.203. The van der Waals surface area contributed by atoms with Gasteiger partial charge >= 0.3 is 11.6 Å². The van der Waals surface area contributed by atoms with Gasteiger partial charge in [-0.3, -0.25) is 4.79 Å². The molecule has 8 nitrogen and oxygen atoms in total. The van der Waals surface area contributed by atoms with E-state index in [1.807, 2.05) is 6.07 Å². The highest BCUT2D eigenvalue weighted by Crippen LogP contribution is 2.29. The van der Waals surface area contributed by atoms with Crippen LogP contribution >= 0.6 is 0 Å². The van der Waals surface area contributed by atoms with Crippen LogP contribution in [0.4, 0.5) is 0 Å². The van der Waals surface area contributed by atoms with Crippen molar-refractivity contribution in [2.45, 2.75) is 25.8 Å². The Morgan fingerprint density at radius 1 is 1.06 bits per heavy atom. The maximum Gasteiger partial charge on any atom is 0.341 e. The summed E-state index contributed by atoms with van der Waals surface area (Å²) in [6.07, 6.45) is 2.57. The first-order valence-electron chi connectivity index (χ1n) is 10.2. The third-order valence-corrected chi connectivity index (χ3v) is 5.47. The molecule has 0 atom stereocenters. The topological polar surface area (TPSA) is 104 Å². The van der Waals surface area contributed by atoms with Gasteiger partial charge in [-0.25, -0.2) is 9.59 Å². The second-order valence-electron chi connectivity index (χ2n) is 7.45. The van der Waals surface area contributed by atoms with Gasteiger partial charge in [-0.15, -0.1) is 0 Å². The van der Waals surface area contributed by atoms with Crippen molar-refractivity contribution in [2.24, 2.45) is 0 Å². The predicted octanol–water partition coefficient (Wildman–Crippen LogP) is 2.77. The summed E-state index contributed by atoms with van der Waals surface area (Å²) in [5, 5.41) is 3.65. The number of ether oxygens (including phenoxy) is 3. The summed E-state index contributed by atoms with van der Waals surface area (Å²) < 4.78 is 20.9. The molecular formula is C24H23NO7. The fourth-order valence-corrected chi connectivity index (χ4v) is 3.89. The van der Waals surface area contributed by atoms with E-state index < -0.39 is 5.97 Å². The molecule has 1 aliphatic rings. The van der Waals surface area contributed by atoms with Crippen LogP contribution in [0, 0.1) is 0 Å². The van der Waals surface area contributed by atoms with Gasteiger partial charge in [0.2, 0.25) is 0 Å². The molecular weight excluding hydrogens is 414 g/mol. The van der Waals surface area contributed by atoms with Crippen molar-refractivity contribution in [3.05, 3.63) is 69.1 Å². The lowest BCUT2D eigenvalue weighted by molar-refractivity contribution is -0.123. The molecule has 0 fully saturated rings. The Balaban J connectivity index is 1.38. The van der Waals surface area contributed by atoms with Gasteiger partial charge in [-0.2, -0.15) is 0 Å². The average Bonchev–Trinajstić information content (AvgIpc) is 3.31. The van der Waals surface area contributed by atoms with Crippen LogP contribution in [0.25, 0.3) is 11.0 Å². The van der Waals surface area contributed by atoms with Gasteiger partial charge in [0.05, 0.1) is 14.2 Å². The molecule has 0 saturated heterocycles. The highest BCUT2D eigenvalue weighted by Gasteiger charge is 2.20. The summed E-state index contributed by atoms with van der Waals surface area (Å²) in [5.74, 6) is -0.0297. The van der Waals surface area contributed by atoms with Gasteiger partial charge in [0.15, 0.2) is 6.61 Å². The molecule has 0 saturated carbocycles. The zero-order valence-corrected chi connectivity index (χ0v) is 17.9. The molecule has 1 amide bonds. The molecule has 8 heteroatoms. The Morgan fingerprint density at radius 2 is 1.88 bits per heavy atom. The Hall–Kier alpha value is -3.81. The fraction of sp³-hybridized carbons (Fsp3) is 0.292. The number of aryl methyl sites for hydroxylation is 1. The smallest absolute Gasteiger partial charge is 0.341 e. The van der Waals surface area contributed by atoms with Crippen molar-refractivity contribution in [2.75, 3.05) is 20.8 Å². The van der Waals surface area contributed by atoms with Crippen LogP contribution in [0.2, 0.25) is 0 Å². The molecule has 1 N–H and O–H groups in total. The second kappa shape index (κ2) is 9.13. The van der Waals surface area contributed by atoms with Crippen molar-refractivity contribution in [1.82, 2.24) is 5.32 Å². The number of amides is 1. The van der Waals surface area contributed by atoms with Crippen molar-refractivity contribution >= 4 is 22.8 Å². The van der Waals surface area contributed by atoms with Gasteiger partial charge in [-0.1, -0.05) is 6.07 Å². The average molecular weight is 437 g/mol. The van der Waals surface area contributed by atoms with Crippen molar-refractivity contribution in [3.63, 3.8) is 0 Å². The lowest BCUT2D eigenvalue weighted by Gasteiger charge is -2.11. The Kier molecular flexibility index (Phi) is 6.11. The van der Waals surface area contributed by atoms with Gasteiger partial charge < -0.3 is 23.9 Å². The normalized spacial score (nSPS) is 12.3. The molecule has 2 aromatic carbocycles. The van der Waals surface area contributed by atoms with Gasteiger partial charge in [0.1, 0.15) is 22.6 Å². The first-order valence-corrected chi connectivity index (χ1v) is 10.2. The van der Waals surface area contributed by atoms with Gasteiger partial charge in [-0.05, 0) is 54.7 Å². The van der Waals surface area contributed by atoms with E-state index in [0.717, 1.165) is 35.8 Å². The highest BCUT2D eigenvalue weighted by molar-refractivity contribution is 5.92. The third kappa shape index (κ3) is 4.30. The number of nitrogens with one attached hydrogen (secondary N) is 1. The molecule has 3 aromatic rings. The van der Waals surface area contributed by atoms with E-state index in [-0.39, 0.29) is 30.2 Å². The number of rotatable bonds is 7. The van der Waals surface area contributed by atoms with E-state index in [1.54, 1.807) is 30.3 Å². The molecule has 32 heavy (non-hydrogen) atoms. The lowest BCUT2D eigenvalue weighted by Crippen LogP contribution is -2.28. The van der Waals surface area contributed by atoms with E-state index in [1.165, 1.54) is 14.2 Å². The van der Waals surface area contributed by atoms with Crippen LogP contribution in [0.15, 0.2) is 45.6 Å². The molecule has 4 rings (SSSR count). The predicted molar refractivity (Wildman–Crippen MR) is 116 cm³/mol. The Labute approximate surface area is 184 Å². The number of carbonyl (C=O) groups excluding carboxylic acids is 2. The van der Waals surface area contributed by atoms with Gasteiger partial charge in [0, 0.05) is 23.6 Å². The van der Waals surface area contributed by atoms with E-state index in [4.69, 9.17) is 18.6 Å². The number of benzene rings is 2. The molecule has 0 radical (unpaired) electrons. The zero-order valence-electron chi connectivity index (χ0n) is 17.9. The van der Waals surface area contributed by atoms with Crippen molar-refractivity contribution < 1.29 is 28.2 Å². The lowest BCUT2D eigenvalue weighted by atomic mass is 10.1. The molecule has 0 aliphatic heterocycles. The monoisotopic (exact) mass is 437 g/mol. The molecule has 1 aliphatic carbocycles.